The zero-order valence-corrected chi connectivity index (χ0v) is 13.4. The van der Waals surface area contributed by atoms with E-state index in [2.05, 4.69) is 9.62 Å². The van der Waals surface area contributed by atoms with Crippen molar-refractivity contribution in [3.8, 4) is 0 Å². The fourth-order valence-electron chi connectivity index (χ4n) is 2.96. The number of rotatable bonds is 5. The monoisotopic (exact) mass is 305 g/mol. The van der Waals surface area contributed by atoms with Crippen molar-refractivity contribution < 1.29 is 13.2 Å². The molecular formula is C13H27N3O3S. The Morgan fingerprint density at radius 2 is 1.95 bits per heavy atom. The standard InChI is InChI=1S/C13H27N3O3S/c1-12(11-15-7-9-19-10-8-15)14-20(17,18)16-6-4-3-5-13(16)2/h12-14H,3-11H2,1-2H3. The van der Waals surface area contributed by atoms with E-state index in [1.165, 1.54) is 0 Å². The molecule has 2 saturated heterocycles. The van der Waals surface area contributed by atoms with Crippen LogP contribution < -0.4 is 4.72 Å². The molecule has 1 N–H and O–H groups in total. The minimum Gasteiger partial charge on any atom is -0.379 e. The average Bonchev–Trinajstić information content (AvgIpc) is 2.39. The second-order valence-electron chi connectivity index (χ2n) is 5.89. The van der Waals surface area contributed by atoms with Gasteiger partial charge in [0.15, 0.2) is 0 Å². The zero-order chi connectivity index (χ0) is 14.6. The summed E-state index contributed by atoms with van der Waals surface area (Å²) in [7, 11) is -3.36. The molecule has 20 heavy (non-hydrogen) atoms. The maximum atomic E-state index is 12.4. The lowest BCUT2D eigenvalue weighted by molar-refractivity contribution is 0.0353. The van der Waals surface area contributed by atoms with E-state index in [1.807, 2.05) is 13.8 Å². The van der Waals surface area contributed by atoms with Crippen molar-refractivity contribution in [1.29, 1.82) is 0 Å². The Hall–Kier alpha value is -0.210. The lowest BCUT2D eigenvalue weighted by Crippen LogP contribution is -2.53. The molecule has 2 aliphatic heterocycles. The first-order valence-electron chi connectivity index (χ1n) is 7.58. The molecule has 2 unspecified atom stereocenters. The van der Waals surface area contributed by atoms with Crippen LogP contribution >= 0.6 is 0 Å². The molecule has 0 aliphatic carbocycles. The first-order chi connectivity index (χ1) is 9.49. The number of hydrogen-bond donors (Lipinski definition) is 1. The van der Waals surface area contributed by atoms with Gasteiger partial charge in [-0.1, -0.05) is 6.42 Å². The van der Waals surface area contributed by atoms with Gasteiger partial charge in [-0.05, 0) is 26.7 Å². The van der Waals surface area contributed by atoms with Gasteiger partial charge in [-0.3, -0.25) is 4.90 Å². The topological polar surface area (TPSA) is 61.9 Å². The van der Waals surface area contributed by atoms with Crippen molar-refractivity contribution in [2.45, 2.75) is 45.2 Å². The summed E-state index contributed by atoms with van der Waals surface area (Å²) in [6.07, 6.45) is 3.04. The highest BCUT2D eigenvalue weighted by molar-refractivity contribution is 7.87. The Bertz CT molecular complexity index is 396. The molecule has 118 valence electrons. The van der Waals surface area contributed by atoms with E-state index in [0.717, 1.165) is 52.1 Å². The SMILES string of the molecule is CC(CN1CCOCC1)NS(=O)(=O)N1CCCCC1C. The van der Waals surface area contributed by atoms with Gasteiger partial charge in [-0.25, -0.2) is 0 Å². The molecule has 0 bridgehead atoms. The molecular weight excluding hydrogens is 278 g/mol. The highest BCUT2D eigenvalue weighted by atomic mass is 32.2. The molecule has 2 fully saturated rings. The number of piperidine rings is 1. The fourth-order valence-corrected chi connectivity index (χ4v) is 4.63. The highest BCUT2D eigenvalue weighted by Gasteiger charge is 2.30. The third kappa shape index (κ3) is 4.39. The van der Waals surface area contributed by atoms with Crippen LogP contribution in [-0.2, 0) is 14.9 Å². The summed E-state index contributed by atoms with van der Waals surface area (Å²) in [5.41, 5.74) is 0. The van der Waals surface area contributed by atoms with Crippen molar-refractivity contribution >= 4 is 10.2 Å². The molecule has 2 aliphatic rings. The van der Waals surface area contributed by atoms with Crippen LogP contribution in [0.15, 0.2) is 0 Å². The van der Waals surface area contributed by atoms with E-state index in [0.29, 0.717) is 6.54 Å². The first kappa shape index (κ1) is 16.2. The minimum absolute atomic E-state index is 0.0766. The minimum atomic E-state index is -3.36. The summed E-state index contributed by atoms with van der Waals surface area (Å²) >= 11 is 0. The Morgan fingerprint density at radius 1 is 1.25 bits per heavy atom. The van der Waals surface area contributed by atoms with Crippen molar-refractivity contribution in [2.24, 2.45) is 0 Å². The summed E-state index contributed by atoms with van der Waals surface area (Å²) in [6, 6.07) is 0.0315. The van der Waals surface area contributed by atoms with Crippen LogP contribution in [0.3, 0.4) is 0 Å². The molecule has 0 radical (unpaired) electrons. The summed E-state index contributed by atoms with van der Waals surface area (Å²) in [4.78, 5) is 2.25. The number of morpholine rings is 1. The second-order valence-corrected chi connectivity index (χ2v) is 7.55. The van der Waals surface area contributed by atoms with Gasteiger partial charge >= 0.3 is 0 Å². The lowest BCUT2D eigenvalue weighted by Gasteiger charge is -2.34. The summed E-state index contributed by atoms with van der Waals surface area (Å²) in [5.74, 6) is 0. The van der Waals surface area contributed by atoms with Crippen LogP contribution in [0.25, 0.3) is 0 Å². The maximum absolute atomic E-state index is 12.4. The van der Waals surface area contributed by atoms with Gasteiger partial charge < -0.3 is 4.74 Å². The Morgan fingerprint density at radius 3 is 2.60 bits per heavy atom. The molecule has 2 atom stereocenters. The van der Waals surface area contributed by atoms with Gasteiger partial charge in [-0.15, -0.1) is 0 Å². The molecule has 0 amide bonds. The number of ether oxygens (including phenoxy) is 1. The molecule has 0 aromatic rings. The summed E-state index contributed by atoms with van der Waals surface area (Å²) in [6.45, 7) is 8.54. The van der Waals surface area contributed by atoms with Crippen LogP contribution in [0.4, 0.5) is 0 Å². The Labute approximate surface area is 122 Å². The van der Waals surface area contributed by atoms with Crippen LogP contribution in [0, 0.1) is 0 Å². The molecule has 0 spiro atoms. The van der Waals surface area contributed by atoms with E-state index < -0.39 is 10.2 Å². The third-order valence-electron chi connectivity index (χ3n) is 4.04. The van der Waals surface area contributed by atoms with Gasteiger partial charge in [0.1, 0.15) is 0 Å². The quantitative estimate of drug-likeness (QED) is 0.799. The van der Waals surface area contributed by atoms with E-state index >= 15 is 0 Å². The van der Waals surface area contributed by atoms with Gasteiger partial charge in [0, 0.05) is 38.3 Å². The molecule has 2 heterocycles. The maximum Gasteiger partial charge on any atom is 0.279 e. The lowest BCUT2D eigenvalue weighted by atomic mass is 10.1. The van der Waals surface area contributed by atoms with Crippen LogP contribution in [0.5, 0.6) is 0 Å². The van der Waals surface area contributed by atoms with E-state index in [4.69, 9.17) is 4.74 Å². The predicted molar refractivity (Wildman–Crippen MR) is 78.8 cm³/mol. The number of nitrogens with zero attached hydrogens (tertiary/aromatic N) is 2. The van der Waals surface area contributed by atoms with Gasteiger partial charge in [0.05, 0.1) is 13.2 Å². The predicted octanol–water partition coefficient (Wildman–Crippen LogP) is 0.416. The van der Waals surface area contributed by atoms with Crippen LogP contribution in [0.1, 0.15) is 33.1 Å². The van der Waals surface area contributed by atoms with Crippen LogP contribution in [-0.4, -0.2) is 69.1 Å². The van der Waals surface area contributed by atoms with Gasteiger partial charge in [0.25, 0.3) is 10.2 Å². The fraction of sp³-hybridized carbons (Fsp3) is 1.00. The van der Waals surface area contributed by atoms with Crippen LogP contribution in [0.2, 0.25) is 0 Å². The zero-order valence-electron chi connectivity index (χ0n) is 12.5. The second kappa shape index (κ2) is 7.17. The van der Waals surface area contributed by atoms with Gasteiger partial charge in [0.2, 0.25) is 0 Å². The van der Waals surface area contributed by atoms with E-state index in [9.17, 15) is 8.42 Å². The van der Waals surface area contributed by atoms with Crippen molar-refractivity contribution in [3.63, 3.8) is 0 Å². The summed E-state index contributed by atoms with van der Waals surface area (Å²) < 4.78 is 34.6. The smallest absolute Gasteiger partial charge is 0.279 e. The highest BCUT2D eigenvalue weighted by Crippen LogP contribution is 2.19. The molecule has 0 aromatic carbocycles. The molecule has 7 heteroatoms. The Balaban J connectivity index is 1.86. The van der Waals surface area contributed by atoms with Gasteiger partial charge in [-0.2, -0.15) is 17.4 Å². The largest absolute Gasteiger partial charge is 0.379 e. The molecule has 0 saturated carbocycles. The normalized spacial score (nSPS) is 28.4. The van der Waals surface area contributed by atoms with Crippen molar-refractivity contribution in [1.82, 2.24) is 13.9 Å². The molecule has 0 aromatic heterocycles. The molecule has 2 rings (SSSR count). The first-order valence-corrected chi connectivity index (χ1v) is 9.02. The third-order valence-corrected chi connectivity index (χ3v) is 5.90. The van der Waals surface area contributed by atoms with E-state index in [-0.39, 0.29) is 12.1 Å². The summed E-state index contributed by atoms with van der Waals surface area (Å²) in [5, 5.41) is 0. The number of nitrogens with one attached hydrogen (secondary N) is 1. The van der Waals surface area contributed by atoms with Crippen molar-refractivity contribution in [3.05, 3.63) is 0 Å². The van der Waals surface area contributed by atoms with E-state index in [1.54, 1.807) is 4.31 Å². The molecule has 6 nitrogen and oxygen atoms in total. The Kier molecular flexibility index (Phi) is 5.80. The average molecular weight is 305 g/mol. The number of hydrogen-bond acceptors (Lipinski definition) is 4. The van der Waals surface area contributed by atoms with Crippen molar-refractivity contribution in [2.75, 3.05) is 39.4 Å².